The van der Waals surface area contributed by atoms with E-state index in [9.17, 15) is 9.59 Å². The van der Waals surface area contributed by atoms with Gasteiger partial charge in [0.25, 0.3) is 0 Å². The molecule has 0 aliphatic heterocycles. The zero-order chi connectivity index (χ0) is 23.0. The maximum absolute atomic E-state index is 12.7. The number of methoxy groups -OCH3 is 1. The Morgan fingerprint density at radius 2 is 1.81 bits per heavy atom. The first-order valence-electron chi connectivity index (χ1n) is 10.8. The van der Waals surface area contributed by atoms with Gasteiger partial charge in [-0.3, -0.25) is 0 Å². The van der Waals surface area contributed by atoms with Gasteiger partial charge in [-0.25, -0.2) is 9.59 Å². The Balaban J connectivity index is 2.02. The van der Waals surface area contributed by atoms with Crippen molar-refractivity contribution in [2.24, 2.45) is 0 Å². The van der Waals surface area contributed by atoms with Gasteiger partial charge in [0.1, 0.15) is 11.7 Å². The number of carbonyl (C=O) groups excluding carboxylic acids is 2. The van der Waals surface area contributed by atoms with E-state index in [1.54, 1.807) is 23.1 Å². The molecular weight excluding hydrogens is 402 g/mol. The molecule has 1 saturated carbocycles. The molecule has 0 spiro atoms. The molecule has 0 atom stereocenters. The van der Waals surface area contributed by atoms with Crippen LogP contribution in [0.3, 0.4) is 0 Å². The zero-order valence-electron chi connectivity index (χ0n) is 19.4. The third kappa shape index (κ3) is 7.31. The summed E-state index contributed by atoms with van der Waals surface area (Å²) in [7, 11) is 1.34. The highest BCUT2D eigenvalue weighted by molar-refractivity contribution is 5.90. The number of amides is 1. The van der Waals surface area contributed by atoms with Crippen LogP contribution in [0.5, 0.6) is 11.5 Å². The summed E-state index contributed by atoms with van der Waals surface area (Å²) in [6.07, 6.45) is 0.948. The first kappa shape index (κ1) is 24.8. The van der Waals surface area contributed by atoms with Crippen molar-refractivity contribution in [1.29, 1.82) is 0 Å². The van der Waals surface area contributed by atoms with Crippen LogP contribution in [-0.2, 0) is 14.2 Å². The van der Waals surface area contributed by atoms with Crippen LogP contribution in [-0.4, -0.2) is 68.2 Å². The van der Waals surface area contributed by atoms with E-state index in [1.807, 2.05) is 34.6 Å². The smallest absolute Gasteiger partial charge is 0.410 e. The minimum Gasteiger partial charge on any atom is -0.490 e. The van der Waals surface area contributed by atoms with E-state index in [2.05, 4.69) is 0 Å². The maximum Gasteiger partial charge on any atom is 0.410 e. The number of nitrogens with zero attached hydrogens (tertiary/aromatic N) is 1. The highest BCUT2D eigenvalue weighted by Gasteiger charge is 2.39. The van der Waals surface area contributed by atoms with Gasteiger partial charge in [0.05, 0.1) is 25.9 Å². The Labute approximate surface area is 184 Å². The van der Waals surface area contributed by atoms with Crippen molar-refractivity contribution in [3.05, 3.63) is 23.8 Å². The quantitative estimate of drug-likeness (QED) is 0.403. The van der Waals surface area contributed by atoms with Crippen LogP contribution in [0.2, 0.25) is 0 Å². The van der Waals surface area contributed by atoms with E-state index >= 15 is 0 Å². The van der Waals surface area contributed by atoms with Crippen molar-refractivity contribution in [3.8, 4) is 11.5 Å². The first-order valence-corrected chi connectivity index (χ1v) is 10.8. The lowest BCUT2D eigenvalue weighted by molar-refractivity contribution is -0.0255. The summed E-state index contributed by atoms with van der Waals surface area (Å²) in [4.78, 5) is 26.2. The van der Waals surface area contributed by atoms with Crippen LogP contribution in [0.1, 0.15) is 57.8 Å². The van der Waals surface area contributed by atoms with Crippen molar-refractivity contribution in [2.45, 2.75) is 65.2 Å². The standard InChI is InChI=1S/C23H35NO7/c1-7-28-12-11-24(22(26)31-23(3,4)5)17-14-18(15-17)30-19-10-9-16(21(25)27-6)13-20(19)29-8-2/h9-10,13,17-18H,7-8,11-12,14-15H2,1-6H3. The maximum atomic E-state index is 12.7. The van der Waals surface area contributed by atoms with Gasteiger partial charge in [-0.2, -0.15) is 0 Å². The third-order valence-electron chi connectivity index (χ3n) is 4.78. The van der Waals surface area contributed by atoms with E-state index in [1.165, 1.54) is 7.11 Å². The third-order valence-corrected chi connectivity index (χ3v) is 4.78. The summed E-state index contributed by atoms with van der Waals surface area (Å²) in [5.74, 6) is 0.629. The molecule has 8 heteroatoms. The number of esters is 1. The minimum absolute atomic E-state index is 0.0187. The Hall–Kier alpha value is -2.48. The predicted molar refractivity (Wildman–Crippen MR) is 116 cm³/mol. The van der Waals surface area contributed by atoms with Crippen LogP contribution in [0.15, 0.2) is 18.2 Å². The van der Waals surface area contributed by atoms with Crippen molar-refractivity contribution >= 4 is 12.1 Å². The topological polar surface area (TPSA) is 83.5 Å². The van der Waals surface area contributed by atoms with Gasteiger partial charge in [0, 0.05) is 32.0 Å². The lowest BCUT2D eigenvalue weighted by Crippen LogP contribution is -2.53. The summed E-state index contributed by atoms with van der Waals surface area (Å²) >= 11 is 0. The average molecular weight is 438 g/mol. The fourth-order valence-corrected chi connectivity index (χ4v) is 3.24. The molecule has 0 radical (unpaired) electrons. The largest absolute Gasteiger partial charge is 0.490 e. The fourth-order valence-electron chi connectivity index (χ4n) is 3.24. The molecule has 31 heavy (non-hydrogen) atoms. The Morgan fingerprint density at radius 1 is 1.10 bits per heavy atom. The van der Waals surface area contributed by atoms with Gasteiger partial charge in [0.2, 0.25) is 0 Å². The van der Waals surface area contributed by atoms with E-state index in [4.69, 9.17) is 23.7 Å². The predicted octanol–water partition coefficient (Wildman–Crippen LogP) is 4.06. The first-order chi connectivity index (χ1) is 14.7. The Kier molecular flexibility index (Phi) is 8.98. The molecule has 8 nitrogen and oxygen atoms in total. The number of hydrogen-bond donors (Lipinski definition) is 0. The van der Waals surface area contributed by atoms with Crippen LogP contribution in [0.4, 0.5) is 4.79 Å². The molecule has 1 amide bonds. The Morgan fingerprint density at radius 3 is 2.39 bits per heavy atom. The van der Waals surface area contributed by atoms with E-state index in [0.717, 1.165) is 0 Å². The van der Waals surface area contributed by atoms with Gasteiger partial charge in [-0.1, -0.05) is 0 Å². The van der Waals surface area contributed by atoms with E-state index < -0.39 is 11.6 Å². The second-order valence-corrected chi connectivity index (χ2v) is 8.32. The van der Waals surface area contributed by atoms with Crippen molar-refractivity contribution in [3.63, 3.8) is 0 Å². The molecule has 0 saturated heterocycles. The molecule has 0 unspecified atom stereocenters. The number of carbonyl (C=O) groups is 2. The number of hydrogen-bond acceptors (Lipinski definition) is 7. The van der Waals surface area contributed by atoms with E-state index in [0.29, 0.717) is 56.3 Å². The number of rotatable bonds is 10. The second-order valence-electron chi connectivity index (χ2n) is 8.32. The summed E-state index contributed by atoms with van der Waals surface area (Å²) in [6, 6.07) is 5.00. The lowest BCUT2D eigenvalue weighted by atomic mass is 9.88. The van der Waals surface area contributed by atoms with Gasteiger partial charge in [0.15, 0.2) is 11.5 Å². The van der Waals surface area contributed by atoms with Crippen molar-refractivity contribution < 1.29 is 33.3 Å². The highest BCUT2D eigenvalue weighted by atomic mass is 16.6. The SMILES string of the molecule is CCOCCN(C(=O)OC(C)(C)C)C1CC(Oc2ccc(C(=O)OC)cc2OCC)C1. The van der Waals surface area contributed by atoms with Crippen molar-refractivity contribution in [2.75, 3.05) is 33.5 Å². The zero-order valence-corrected chi connectivity index (χ0v) is 19.4. The molecule has 1 aromatic carbocycles. The highest BCUT2D eigenvalue weighted by Crippen LogP contribution is 2.35. The number of ether oxygens (including phenoxy) is 5. The normalized spacial score (nSPS) is 18.0. The van der Waals surface area contributed by atoms with Crippen LogP contribution < -0.4 is 9.47 Å². The molecule has 0 heterocycles. The second kappa shape index (κ2) is 11.2. The molecule has 1 aromatic rings. The summed E-state index contributed by atoms with van der Waals surface area (Å²) in [6.45, 7) is 11.3. The van der Waals surface area contributed by atoms with Crippen LogP contribution in [0, 0.1) is 0 Å². The molecule has 2 rings (SSSR count). The van der Waals surface area contributed by atoms with Gasteiger partial charge in [-0.05, 0) is 52.8 Å². The fraction of sp³-hybridized carbons (Fsp3) is 0.652. The van der Waals surface area contributed by atoms with Gasteiger partial charge in [-0.15, -0.1) is 0 Å². The lowest BCUT2D eigenvalue weighted by Gasteiger charge is -2.42. The molecule has 1 aliphatic carbocycles. The molecule has 1 aliphatic rings. The molecular formula is C23H35NO7. The molecule has 0 bridgehead atoms. The van der Waals surface area contributed by atoms with Gasteiger partial charge >= 0.3 is 12.1 Å². The van der Waals surface area contributed by atoms with Crippen LogP contribution >= 0.6 is 0 Å². The minimum atomic E-state index is -0.561. The molecule has 0 aromatic heterocycles. The summed E-state index contributed by atoms with van der Waals surface area (Å²) < 4.78 is 27.5. The van der Waals surface area contributed by atoms with E-state index in [-0.39, 0.29) is 18.2 Å². The molecule has 1 fully saturated rings. The Bertz CT molecular complexity index is 738. The van der Waals surface area contributed by atoms with Crippen molar-refractivity contribution in [1.82, 2.24) is 4.90 Å². The monoisotopic (exact) mass is 437 g/mol. The number of benzene rings is 1. The summed E-state index contributed by atoms with van der Waals surface area (Å²) in [5.41, 5.74) is -0.161. The summed E-state index contributed by atoms with van der Waals surface area (Å²) in [5, 5.41) is 0. The van der Waals surface area contributed by atoms with Crippen LogP contribution in [0.25, 0.3) is 0 Å². The van der Waals surface area contributed by atoms with Gasteiger partial charge < -0.3 is 28.6 Å². The molecule has 174 valence electrons. The average Bonchev–Trinajstić information content (AvgIpc) is 2.67. The molecule has 0 N–H and O–H groups in total.